The third-order valence-electron chi connectivity index (χ3n) is 1.53. The standard InChI is InChI=1S/C7H4BrF5N2/c8-3-4-1-2-5(15-14-4)6(9,10)7(11,12)13/h1-2H,3H2. The Bertz CT molecular complexity index is 334. The first-order valence-corrected chi connectivity index (χ1v) is 4.75. The van der Waals surface area contributed by atoms with Crippen LogP contribution in [0.4, 0.5) is 22.0 Å². The van der Waals surface area contributed by atoms with Gasteiger partial charge in [-0.1, -0.05) is 15.9 Å². The Labute approximate surface area is 89.6 Å². The van der Waals surface area contributed by atoms with Crippen molar-refractivity contribution in [2.75, 3.05) is 0 Å². The van der Waals surface area contributed by atoms with Crippen molar-refractivity contribution in [1.82, 2.24) is 10.2 Å². The highest BCUT2D eigenvalue weighted by molar-refractivity contribution is 9.08. The molecule has 0 bridgehead atoms. The molecule has 1 rings (SSSR count). The Morgan fingerprint density at radius 2 is 1.67 bits per heavy atom. The van der Waals surface area contributed by atoms with E-state index >= 15 is 0 Å². The molecule has 0 saturated heterocycles. The van der Waals surface area contributed by atoms with Crippen LogP contribution in [0.3, 0.4) is 0 Å². The minimum atomic E-state index is -5.66. The number of aromatic nitrogens is 2. The smallest absolute Gasteiger partial charge is 0.189 e. The predicted octanol–water partition coefficient (Wildman–Crippen LogP) is 3.03. The predicted molar refractivity (Wildman–Crippen MR) is 44.6 cm³/mol. The second-order valence-corrected chi connectivity index (χ2v) is 3.18. The number of rotatable bonds is 2. The number of alkyl halides is 6. The van der Waals surface area contributed by atoms with Gasteiger partial charge in [-0.05, 0) is 12.1 Å². The first-order chi connectivity index (χ1) is 6.79. The molecule has 2 nitrogen and oxygen atoms in total. The monoisotopic (exact) mass is 290 g/mol. The first kappa shape index (κ1) is 12.3. The van der Waals surface area contributed by atoms with Gasteiger partial charge in [0, 0.05) is 5.33 Å². The minimum Gasteiger partial charge on any atom is -0.189 e. The molecule has 0 fully saturated rings. The van der Waals surface area contributed by atoms with Crippen molar-refractivity contribution in [2.24, 2.45) is 0 Å². The second kappa shape index (κ2) is 3.99. The maximum absolute atomic E-state index is 12.7. The zero-order chi connectivity index (χ0) is 11.7. The lowest BCUT2D eigenvalue weighted by Crippen LogP contribution is -2.34. The molecule has 8 heteroatoms. The van der Waals surface area contributed by atoms with E-state index in [-0.39, 0.29) is 11.0 Å². The molecule has 1 aromatic rings. The van der Waals surface area contributed by atoms with Crippen LogP contribution < -0.4 is 0 Å². The largest absolute Gasteiger partial charge is 0.459 e. The fraction of sp³-hybridized carbons (Fsp3) is 0.429. The molecule has 1 heterocycles. The second-order valence-electron chi connectivity index (χ2n) is 2.62. The number of nitrogens with zero attached hydrogens (tertiary/aromatic N) is 2. The van der Waals surface area contributed by atoms with Gasteiger partial charge in [-0.3, -0.25) is 0 Å². The number of hydrogen-bond donors (Lipinski definition) is 0. The molecule has 0 aliphatic heterocycles. The zero-order valence-electron chi connectivity index (χ0n) is 7.02. The SMILES string of the molecule is FC(F)(F)C(F)(F)c1ccc(CBr)nn1. The summed E-state index contributed by atoms with van der Waals surface area (Å²) < 4.78 is 60.9. The lowest BCUT2D eigenvalue weighted by Gasteiger charge is -2.18. The van der Waals surface area contributed by atoms with Crippen LogP contribution in [0.1, 0.15) is 11.4 Å². The fourth-order valence-corrected chi connectivity index (χ4v) is 1.04. The molecule has 84 valence electrons. The summed E-state index contributed by atoms with van der Waals surface area (Å²) in [6.07, 6.45) is -5.66. The Morgan fingerprint density at radius 3 is 2.00 bits per heavy atom. The maximum Gasteiger partial charge on any atom is 0.459 e. The van der Waals surface area contributed by atoms with Crippen LogP contribution in [-0.4, -0.2) is 16.4 Å². The van der Waals surface area contributed by atoms with Crippen LogP contribution in [0.25, 0.3) is 0 Å². The van der Waals surface area contributed by atoms with Crippen molar-refractivity contribution in [2.45, 2.75) is 17.4 Å². The van der Waals surface area contributed by atoms with E-state index < -0.39 is 17.8 Å². The average Bonchev–Trinajstić information content (AvgIpc) is 2.16. The summed E-state index contributed by atoms with van der Waals surface area (Å²) >= 11 is 2.96. The Morgan fingerprint density at radius 1 is 1.07 bits per heavy atom. The van der Waals surface area contributed by atoms with Crippen molar-refractivity contribution < 1.29 is 22.0 Å². The average molecular weight is 291 g/mol. The topological polar surface area (TPSA) is 25.8 Å². The third-order valence-corrected chi connectivity index (χ3v) is 2.11. The van der Waals surface area contributed by atoms with Crippen LogP contribution in [0.5, 0.6) is 0 Å². The molecule has 15 heavy (non-hydrogen) atoms. The van der Waals surface area contributed by atoms with Gasteiger partial charge < -0.3 is 0 Å². The summed E-state index contributed by atoms with van der Waals surface area (Å²) in [6, 6.07) is 1.66. The molecule has 0 radical (unpaired) electrons. The lowest BCUT2D eigenvalue weighted by atomic mass is 10.2. The summed E-state index contributed by atoms with van der Waals surface area (Å²) in [4.78, 5) is 0. The van der Waals surface area contributed by atoms with E-state index in [2.05, 4.69) is 26.1 Å². The van der Waals surface area contributed by atoms with Crippen molar-refractivity contribution in [3.05, 3.63) is 23.5 Å². The van der Waals surface area contributed by atoms with Gasteiger partial charge in [0.1, 0.15) is 5.69 Å². The van der Waals surface area contributed by atoms with Crippen molar-refractivity contribution in [1.29, 1.82) is 0 Å². The normalized spacial score (nSPS) is 12.9. The van der Waals surface area contributed by atoms with E-state index in [0.29, 0.717) is 6.07 Å². The molecule has 0 atom stereocenters. The third kappa shape index (κ3) is 2.42. The van der Waals surface area contributed by atoms with Gasteiger partial charge in [-0.2, -0.15) is 27.1 Å². The van der Waals surface area contributed by atoms with E-state index in [0.717, 1.165) is 6.07 Å². The quantitative estimate of drug-likeness (QED) is 0.618. The number of hydrogen-bond acceptors (Lipinski definition) is 2. The van der Waals surface area contributed by atoms with Crippen molar-refractivity contribution in [3.63, 3.8) is 0 Å². The minimum absolute atomic E-state index is 0.234. The zero-order valence-corrected chi connectivity index (χ0v) is 8.61. The van der Waals surface area contributed by atoms with E-state index in [1.165, 1.54) is 0 Å². The van der Waals surface area contributed by atoms with E-state index in [1.54, 1.807) is 0 Å². The molecule has 0 aliphatic rings. The van der Waals surface area contributed by atoms with Gasteiger partial charge in [0.2, 0.25) is 0 Å². The Hall–Kier alpha value is -0.790. The van der Waals surface area contributed by atoms with Crippen LogP contribution in [0.15, 0.2) is 12.1 Å². The molecule has 0 amide bonds. The van der Waals surface area contributed by atoms with Crippen molar-refractivity contribution >= 4 is 15.9 Å². The van der Waals surface area contributed by atoms with Gasteiger partial charge in [0.05, 0.1) is 5.69 Å². The molecular formula is C7H4BrF5N2. The van der Waals surface area contributed by atoms with E-state index in [1.807, 2.05) is 0 Å². The molecular weight excluding hydrogens is 287 g/mol. The van der Waals surface area contributed by atoms with Gasteiger partial charge in [0.15, 0.2) is 0 Å². The Kier molecular flexibility index (Phi) is 3.27. The summed E-state index contributed by atoms with van der Waals surface area (Å²) in [5.41, 5.74) is -1.13. The van der Waals surface area contributed by atoms with Crippen molar-refractivity contribution in [3.8, 4) is 0 Å². The highest BCUT2D eigenvalue weighted by Gasteiger charge is 2.60. The van der Waals surface area contributed by atoms with E-state index in [4.69, 9.17) is 0 Å². The first-order valence-electron chi connectivity index (χ1n) is 3.62. The molecule has 0 spiro atoms. The molecule has 1 aromatic heterocycles. The highest BCUT2D eigenvalue weighted by Crippen LogP contribution is 2.42. The molecule has 0 aliphatic carbocycles. The van der Waals surface area contributed by atoms with Crippen LogP contribution in [-0.2, 0) is 11.3 Å². The number of halogens is 6. The van der Waals surface area contributed by atoms with Gasteiger partial charge in [0.25, 0.3) is 0 Å². The maximum atomic E-state index is 12.7. The van der Waals surface area contributed by atoms with Crippen LogP contribution in [0, 0.1) is 0 Å². The fourth-order valence-electron chi connectivity index (χ4n) is 0.744. The Balaban J connectivity index is 3.06. The van der Waals surface area contributed by atoms with Gasteiger partial charge in [-0.25, -0.2) is 0 Å². The molecule has 0 N–H and O–H groups in total. The van der Waals surface area contributed by atoms with Crippen LogP contribution in [0.2, 0.25) is 0 Å². The molecule has 0 aromatic carbocycles. The van der Waals surface area contributed by atoms with Gasteiger partial charge >= 0.3 is 12.1 Å². The van der Waals surface area contributed by atoms with Gasteiger partial charge in [-0.15, -0.1) is 5.10 Å². The molecule has 0 unspecified atom stereocenters. The summed E-state index contributed by atoms with van der Waals surface area (Å²) in [5, 5.41) is 6.27. The summed E-state index contributed by atoms with van der Waals surface area (Å²) in [6.45, 7) is 0. The lowest BCUT2D eigenvalue weighted by molar-refractivity contribution is -0.291. The highest BCUT2D eigenvalue weighted by atomic mass is 79.9. The van der Waals surface area contributed by atoms with Crippen LogP contribution >= 0.6 is 15.9 Å². The summed E-state index contributed by atoms with van der Waals surface area (Å²) in [7, 11) is 0. The molecule has 0 saturated carbocycles. The van der Waals surface area contributed by atoms with E-state index in [9.17, 15) is 22.0 Å². The summed E-state index contributed by atoms with van der Waals surface area (Å²) in [5.74, 6) is -4.97.